The first-order chi connectivity index (χ1) is 15.2. The summed E-state index contributed by atoms with van der Waals surface area (Å²) < 4.78 is 16.6. The molecule has 3 aromatic rings. The molecule has 0 fully saturated rings. The Labute approximate surface area is 180 Å². The van der Waals surface area contributed by atoms with Gasteiger partial charge in [0, 0.05) is 23.1 Å². The average Bonchev–Trinajstić information content (AvgIpc) is 3.29. The van der Waals surface area contributed by atoms with Crippen LogP contribution >= 0.6 is 0 Å². The average molecular weight is 414 g/mol. The number of rotatable bonds is 4. The molecular weight excluding hydrogens is 392 g/mol. The normalized spacial score (nSPS) is 19.0. The van der Waals surface area contributed by atoms with E-state index in [-0.39, 0.29) is 12.0 Å². The van der Waals surface area contributed by atoms with Gasteiger partial charge in [0.05, 0.1) is 31.5 Å². The Bertz CT molecular complexity index is 1160. The summed E-state index contributed by atoms with van der Waals surface area (Å²) in [4.78, 5) is 11.8. The van der Waals surface area contributed by atoms with Crippen molar-refractivity contribution in [2.24, 2.45) is 5.10 Å². The van der Waals surface area contributed by atoms with E-state index in [0.29, 0.717) is 5.56 Å². The molecule has 3 aromatic carbocycles. The largest absolute Gasteiger partial charge is 0.497 e. The Morgan fingerprint density at radius 1 is 1.03 bits per heavy atom. The van der Waals surface area contributed by atoms with Crippen LogP contribution in [0.25, 0.3) is 0 Å². The summed E-state index contributed by atoms with van der Waals surface area (Å²) >= 11 is 0. The molecule has 0 radical (unpaired) electrons. The van der Waals surface area contributed by atoms with E-state index >= 15 is 0 Å². The van der Waals surface area contributed by atoms with Gasteiger partial charge in [0.1, 0.15) is 11.5 Å². The van der Waals surface area contributed by atoms with E-state index < -0.39 is 6.23 Å². The van der Waals surface area contributed by atoms with Crippen molar-refractivity contribution in [2.45, 2.75) is 18.7 Å². The molecule has 2 atom stereocenters. The third-order valence-corrected chi connectivity index (χ3v) is 5.72. The van der Waals surface area contributed by atoms with Gasteiger partial charge in [0.25, 0.3) is 0 Å². The number of esters is 1. The highest BCUT2D eigenvalue weighted by molar-refractivity contribution is 6.02. The summed E-state index contributed by atoms with van der Waals surface area (Å²) in [7, 11) is 3.04. The molecule has 2 heterocycles. The van der Waals surface area contributed by atoms with Gasteiger partial charge in [-0.05, 0) is 30.3 Å². The van der Waals surface area contributed by atoms with Gasteiger partial charge in [-0.15, -0.1) is 0 Å². The predicted octanol–water partition coefficient (Wildman–Crippen LogP) is 4.72. The van der Waals surface area contributed by atoms with Crippen molar-refractivity contribution in [1.29, 1.82) is 0 Å². The van der Waals surface area contributed by atoms with E-state index in [1.165, 1.54) is 7.11 Å². The van der Waals surface area contributed by atoms with Gasteiger partial charge in [-0.25, -0.2) is 9.80 Å². The maximum Gasteiger partial charge on any atom is 0.337 e. The molecular formula is C25H22N2O4. The number of carbonyl (C=O) groups is 1. The van der Waals surface area contributed by atoms with Gasteiger partial charge in [-0.3, -0.25) is 0 Å². The van der Waals surface area contributed by atoms with Gasteiger partial charge < -0.3 is 14.2 Å². The van der Waals surface area contributed by atoms with Crippen LogP contribution in [-0.2, 0) is 4.74 Å². The Balaban J connectivity index is 1.54. The molecule has 0 spiro atoms. The van der Waals surface area contributed by atoms with E-state index in [9.17, 15) is 4.79 Å². The lowest BCUT2D eigenvalue weighted by Crippen LogP contribution is -2.33. The van der Waals surface area contributed by atoms with Crippen LogP contribution < -0.4 is 9.47 Å². The number of hydrazone groups is 1. The molecule has 2 aliphatic heterocycles. The van der Waals surface area contributed by atoms with E-state index in [0.717, 1.165) is 40.3 Å². The molecule has 0 saturated heterocycles. The fraction of sp³-hybridized carbons (Fsp3) is 0.200. The molecule has 0 bridgehead atoms. The van der Waals surface area contributed by atoms with Gasteiger partial charge >= 0.3 is 5.97 Å². The number of nitrogens with zero attached hydrogens (tertiary/aromatic N) is 2. The molecule has 2 aliphatic rings. The minimum absolute atomic E-state index is 0.0661. The second-order valence-corrected chi connectivity index (χ2v) is 7.50. The molecule has 31 heavy (non-hydrogen) atoms. The number of fused-ring (bicyclic) bond motifs is 3. The third kappa shape index (κ3) is 3.40. The van der Waals surface area contributed by atoms with Gasteiger partial charge in [-0.2, -0.15) is 5.10 Å². The quantitative estimate of drug-likeness (QED) is 0.578. The molecule has 6 nitrogen and oxygen atoms in total. The van der Waals surface area contributed by atoms with Crippen LogP contribution in [0.1, 0.15) is 45.7 Å². The minimum Gasteiger partial charge on any atom is -0.497 e. The standard InChI is InChI=1S/C25H22N2O4/c1-29-19-7-5-6-18(14-19)21-15-22-20-8-3-4-9-23(20)31-24(27(22)26-21)16-10-12-17(13-11-16)25(28)30-2/h3-14,22,24H,15H2,1-2H3. The Morgan fingerprint density at radius 2 is 1.84 bits per heavy atom. The van der Waals surface area contributed by atoms with E-state index in [2.05, 4.69) is 6.07 Å². The summed E-state index contributed by atoms with van der Waals surface area (Å²) in [5.74, 6) is 1.29. The summed E-state index contributed by atoms with van der Waals surface area (Å²) in [6.45, 7) is 0. The summed E-state index contributed by atoms with van der Waals surface area (Å²) in [5, 5.41) is 6.98. The van der Waals surface area contributed by atoms with Crippen molar-refractivity contribution in [2.75, 3.05) is 14.2 Å². The first-order valence-corrected chi connectivity index (χ1v) is 10.1. The zero-order valence-electron chi connectivity index (χ0n) is 17.3. The van der Waals surface area contributed by atoms with Crippen molar-refractivity contribution in [3.05, 3.63) is 95.1 Å². The maximum absolute atomic E-state index is 11.8. The smallest absolute Gasteiger partial charge is 0.337 e. The second kappa shape index (κ2) is 7.80. The first-order valence-electron chi connectivity index (χ1n) is 10.1. The number of hydrogen-bond acceptors (Lipinski definition) is 6. The van der Waals surface area contributed by atoms with Gasteiger partial charge in [0.2, 0.25) is 6.23 Å². The monoisotopic (exact) mass is 414 g/mol. The number of methoxy groups -OCH3 is 2. The van der Waals surface area contributed by atoms with Crippen molar-refractivity contribution in [3.8, 4) is 11.5 Å². The summed E-state index contributed by atoms with van der Waals surface area (Å²) in [6, 6.07) is 23.4. The number of para-hydroxylation sites is 1. The maximum atomic E-state index is 11.8. The van der Waals surface area contributed by atoms with E-state index in [1.54, 1.807) is 19.2 Å². The number of hydrogen-bond donors (Lipinski definition) is 0. The molecule has 0 N–H and O–H groups in total. The molecule has 0 aliphatic carbocycles. The van der Waals surface area contributed by atoms with Crippen LogP contribution in [0.4, 0.5) is 0 Å². The fourth-order valence-electron chi connectivity index (χ4n) is 4.13. The summed E-state index contributed by atoms with van der Waals surface area (Å²) in [6.07, 6.45) is 0.374. The Morgan fingerprint density at radius 3 is 2.61 bits per heavy atom. The van der Waals surface area contributed by atoms with Crippen LogP contribution in [0, 0.1) is 0 Å². The molecule has 5 rings (SSSR count). The lowest BCUT2D eigenvalue weighted by molar-refractivity contribution is -0.0190. The Kier molecular flexibility index (Phi) is 4.82. The van der Waals surface area contributed by atoms with Crippen molar-refractivity contribution < 1.29 is 19.0 Å². The predicted molar refractivity (Wildman–Crippen MR) is 116 cm³/mol. The molecule has 156 valence electrons. The number of carbonyl (C=O) groups excluding carboxylic acids is 1. The molecule has 0 amide bonds. The molecule has 0 saturated carbocycles. The summed E-state index contributed by atoms with van der Waals surface area (Å²) in [5.41, 5.74) is 4.56. The zero-order chi connectivity index (χ0) is 21.4. The highest BCUT2D eigenvalue weighted by Gasteiger charge is 2.40. The third-order valence-electron chi connectivity index (χ3n) is 5.72. The van der Waals surface area contributed by atoms with E-state index in [1.807, 2.05) is 59.6 Å². The van der Waals surface area contributed by atoms with Crippen LogP contribution in [0.15, 0.2) is 77.9 Å². The van der Waals surface area contributed by atoms with Gasteiger partial charge in [-0.1, -0.05) is 42.5 Å². The lowest BCUT2D eigenvalue weighted by atomic mass is 9.96. The van der Waals surface area contributed by atoms with Crippen LogP contribution in [0.5, 0.6) is 11.5 Å². The number of benzene rings is 3. The zero-order valence-corrected chi connectivity index (χ0v) is 17.3. The number of ether oxygens (including phenoxy) is 3. The first kappa shape index (κ1) is 19.2. The van der Waals surface area contributed by atoms with E-state index in [4.69, 9.17) is 19.3 Å². The lowest BCUT2D eigenvalue weighted by Gasteiger charge is -2.38. The fourth-order valence-corrected chi connectivity index (χ4v) is 4.13. The van der Waals surface area contributed by atoms with Crippen LogP contribution in [-0.4, -0.2) is 30.9 Å². The van der Waals surface area contributed by atoms with Crippen molar-refractivity contribution >= 4 is 11.7 Å². The Hall–Kier alpha value is -3.80. The second-order valence-electron chi connectivity index (χ2n) is 7.50. The SMILES string of the molecule is COC(=O)c1ccc(C2Oc3ccccc3C3CC(c4cccc(OC)c4)=NN32)cc1. The topological polar surface area (TPSA) is 60.4 Å². The molecule has 6 heteroatoms. The van der Waals surface area contributed by atoms with Crippen molar-refractivity contribution in [1.82, 2.24) is 5.01 Å². The van der Waals surface area contributed by atoms with Crippen LogP contribution in [0.3, 0.4) is 0 Å². The highest BCUT2D eigenvalue weighted by atomic mass is 16.5. The van der Waals surface area contributed by atoms with Crippen molar-refractivity contribution in [3.63, 3.8) is 0 Å². The minimum atomic E-state index is -0.394. The highest BCUT2D eigenvalue weighted by Crippen LogP contribution is 2.47. The molecule has 2 unspecified atom stereocenters. The van der Waals surface area contributed by atoms with Crippen LogP contribution in [0.2, 0.25) is 0 Å². The van der Waals surface area contributed by atoms with Gasteiger partial charge in [0.15, 0.2) is 0 Å². The molecule has 0 aromatic heterocycles.